The summed E-state index contributed by atoms with van der Waals surface area (Å²) in [6.07, 6.45) is 10.6. The fourth-order valence-corrected chi connectivity index (χ4v) is 5.81. The minimum atomic E-state index is -1.00. The zero-order chi connectivity index (χ0) is 29.9. The summed E-state index contributed by atoms with van der Waals surface area (Å²) in [5, 5.41) is 3.02. The Morgan fingerprint density at radius 1 is 1.17 bits per heavy atom. The number of aromatic nitrogens is 2. The molecular weight excluding hydrogens is 508 g/mol. The monoisotopic (exact) mass is 554 g/mol. The van der Waals surface area contributed by atoms with Gasteiger partial charge in [0.05, 0.1) is 5.56 Å². The van der Waals surface area contributed by atoms with E-state index < -0.39 is 5.41 Å². The molecule has 0 saturated heterocycles. The van der Waals surface area contributed by atoms with E-state index in [1.807, 2.05) is 32.1 Å². The minimum absolute atomic E-state index is 0.162. The van der Waals surface area contributed by atoms with Crippen LogP contribution in [0.5, 0.6) is 0 Å². The number of nitrogen functional groups attached to an aromatic ring is 1. The van der Waals surface area contributed by atoms with E-state index in [0.717, 1.165) is 60.0 Å². The lowest BCUT2D eigenvalue weighted by Gasteiger charge is -2.24. The van der Waals surface area contributed by atoms with Gasteiger partial charge in [0, 0.05) is 17.9 Å². The number of anilines is 2. The van der Waals surface area contributed by atoms with Crippen molar-refractivity contribution < 1.29 is 9.59 Å². The van der Waals surface area contributed by atoms with Crippen LogP contribution in [0.4, 0.5) is 11.6 Å². The number of nitrogens with zero attached hydrogens (tertiary/aromatic N) is 2. The maximum Gasteiger partial charge on any atom is 0.240 e. The summed E-state index contributed by atoms with van der Waals surface area (Å²) < 4.78 is 0. The number of rotatable bonds is 11. The number of allylic oxidation sites excluding steroid dienone is 6. The minimum Gasteiger partial charge on any atom is -0.383 e. The Labute approximate surface area is 245 Å². The van der Waals surface area contributed by atoms with Gasteiger partial charge in [-0.25, -0.2) is 9.97 Å². The molecule has 6 heteroatoms. The molecule has 0 spiro atoms. The molecule has 6 nitrogen and oxygen atoms in total. The molecule has 4 rings (SSSR count). The Bertz CT molecular complexity index is 1410. The molecule has 1 aliphatic carbocycles. The second-order valence-corrected chi connectivity index (χ2v) is 12.1. The third kappa shape index (κ3) is 5.93. The molecule has 1 amide bonds. The van der Waals surface area contributed by atoms with Crippen LogP contribution in [0.2, 0.25) is 0 Å². The number of benzene rings is 1. The lowest BCUT2D eigenvalue weighted by Crippen LogP contribution is -2.33. The average Bonchev–Trinajstić information content (AvgIpc) is 3.17. The molecule has 0 radical (unpaired) electrons. The van der Waals surface area contributed by atoms with Crippen LogP contribution >= 0.6 is 0 Å². The molecule has 1 aromatic heterocycles. The van der Waals surface area contributed by atoms with Gasteiger partial charge in [-0.2, -0.15) is 0 Å². The van der Waals surface area contributed by atoms with E-state index in [0.29, 0.717) is 47.1 Å². The Hall–Kier alpha value is -3.54. The van der Waals surface area contributed by atoms with E-state index in [1.165, 1.54) is 12.0 Å². The van der Waals surface area contributed by atoms with Crippen molar-refractivity contribution in [3.63, 3.8) is 0 Å². The summed E-state index contributed by atoms with van der Waals surface area (Å²) >= 11 is 0. The number of fused-ring (bicyclic) bond motifs is 1. The number of carbonyl (C=O) groups is 2. The summed E-state index contributed by atoms with van der Waals surface area (Å²) in [4.78, 5) is 35.5. The van der Waals surface area contributed by atoms with Gasteiger partial charge in [-0.3, -0.25) is 9.59 Å². The van der Waals surface area contributed by atoms with Crippen LogP contribution in [-0.4, -0.2) is 21.7 Å². The summed E-state index contributed by atoms with van der Waals surface area (Å²) in [7, 11) is 0. The molecule has 218 valence electrons. The van der Waals surface area contributed by atoms with Crippen molar-refractivity contribution in [1.29, 1.82) is 0 Å². The Morgan fingerprint density at radius 2 is 1.85 bits per heavy atom. The lowest BCUT2D eigenvalue weighted by molar-refractivity contribution is -0.125. The van der Waals surface area contributed by atoms with E-state index in [-0.39, 0.29) is 5.91 Å². The number of nitrogens with two attached hydrogens (primary N) is 1. The second kappa shape index (κ2) is 12.5. The van der Waals surface area contributed by atoms with Crippen LogP contribution in [0.15, 0.2) is 53.1 Å². The molecule has 1 atom stereocenters. The first-order valence-electron chi connectivity index (χ1n) is 15.2. The van der Waals surface area contributed by atoms with Gasteiger partial charge in [-0.15, -0.1) is 0 Å². The van der Waals surface area contributed by atoms with E-state index in [2.05, 4.69) is 58.1 Å². The normalized spacial score (nSPS) is 20.0. The maximum absolute atomic E-state index is 13.5. The highest BCUT2D eigenvalue weighted by Crippen LogP contribution is 2.45. The summed E-state index contributed by atoms with van der Waals surface area (Å²) in [6, 6.07) is 8.10. The topological polar surface area (TPSA) is 98.0 Å². The van der Waals surface area contributed by atoms with E-state index >= 15 is 0 Å². The molecule has 1 saturated carbocycles. The molecule has 1 aromatic carbocycles. The summed E-state index contributed by atoms with van der Waals surface area (Å²) in [5.41, 5.74) is 12.8. The highest BCUT2D eigenvalue weighted by Gasteiger charge is 2.47. The molecule has 3 N–H and O–H groups in total. The smallest absolute Gasteiger partial charge is 0.240 e. The van der Waals surface area contributed by atoms with Crippen molar-refractivity contribution in [1.82, 2.24) is 9.97 Å². The van der Waals surface area contributed by atoms with Crippen molar-refractivity contribution in [3.8, 4) is 0 Å². The van der Waals surface area contributed by atoms with Gasteiger partial charge in [0.25, 0.3) is 0 Å². The third-order valence-corrected chi connectivity index (χ3v) is 9.18. The van der Waals surface area contributed by atoms with E-state index in [4.69, 9.17) is 15.7 Å². The average molecular weight is 555 g/mol. The molecule has 2 aromatic rings. The van der Waals surface area contributed by atoms with Crippen molar-refractivity contribution in [2.45, 2.75) is 98.8 Å². The fraction of sp³-hybridized carbons (Fsp3) is 0.486. The van der Waals surface area contributed by atoms with Crippen molar-refractivity contribution >= 4 is 28.9 Å². The third-order valence-electron chi connectivity index (χ3n) is 9.18. The van der Waals surface area contributed by atoms with Gasteiger partial charge in [0.1, 0.15) is 22.8 Å². The SMILES string of the molecule is C\C=C/C(C(=C(\C)CC)/c1nc(N)c2c(n1)NC(=O)C2(C)c1ccc(CCCC(=O)C2CCC2)cc1)=C(\C)C(C)C. The van der Waals surface area contributed by atoms with Gasteiger partial charge in [-0.1, -0.05) is 74.8 Å². The highest BCUT2D eigenvalue weighted by atomic mass is 16.2. The predicted molar refractivity (Wildman–Crippen MR) is 168 cm³/mol. The fourth-order valence-electron chi connectivity index (χ4n) is 5.81. The van der Waals surface area contributed by atoms with Crippen LogP contribution in [-0.2, 0) is 21.4 Å². The molecule has 2 aliphatic rings. The lowest BCUT2D eigenvalue weighted by atomic mass is 9.77. The number of aryl methyl sites for hydroxylation is 1. The number of hydrogen-bond acceptors (Lipinski definition) is 5. The number of nitrogens with one attached hydrogen (secondary N) is 1. The van der Waals surface area contributed by atoms with Crippen LogP contribution in [0.1, 0.15) is 110 Å². The largest absolute Gasteiger partial charge is 0.383 e. The van der Waals surface area contributed by atoms with Crippen LogP contribution in [0, 0.1) is 11.8 Å². The molecule has 2 heterocycles. The Balaban J connectivity index is 1.66. The zero-order valence-corrected chi connectivity index (χ0v) is 25.9. The van der Waals surface area contributed by atoms with Crippen molar-refractivity contribution in [2.75, 3.05) is 11.1 Å². The van der Waals surface area contributed by atoms with Gasteiger partial charge in [-0.05, 0) is 82.4 Å². The predicted octanol–water partition coefficient (Wildman–Crippen LogP) is 7.74. The maximum atomic E-state index is 13.5. The Kier molecular flexibility index (Phi) is 9.31. The first kappa shape index (κ1) is 30.4. The van der Waals surface area contributed by atoms with Crippen LogP contribution in [0.25, 0.3) is 5.57 Å². The molecule has 0 bridgehead atoms. The summed E-state index contributed by atoms with van der Waals surface area (Å²) in [5.74, 6) is 2.22. The van der Waals surface area contributed by atoms with E-state index in [1.54, 1.807) is 0 Å². The number of ketones is 1. The molecule has 1 unspecified atom stereocenters. The molecule has 41 heavy (non-hydrogen) atoms. The summed E-state index contributed by atoms with van der Waals surface area (Å²) in [6.45, 7) is 14.6. The molecule has 1 aliphatic heterocycles. The van der Waals surface area contributed by atoms with Gasteiger partial charge >= 0.3 is 0 Å². The van der Waals surface area contributed by atoms with Crippen LogP contribution in [0.3, 0.4) is 0 Å². The first-order valence-corrected chi connectivity index (χ1v) is 15.2. The number of carbonyl (C=O) groups excluding carboxylic acids is 2. The number of Topliss-reactive ketones (excluding diaryl/α,β-unsaturated/α-hetero) is 1. The van der Waals surface area contributed by atoms with Crippen LogP contribution < -0.4 is 11.1 Å². The number of amides is 1. The van der Waals surface area contributed by atoms with Crippen molar-refractivity contribution in [3.05, 3.63) is 75.7 Å². The zero-order valence-electron chi connectivity index (χ0n) is 25.9. The first-order chi connectivity index (χ1) is 19.5. The quantitative estimate of drug-likeness (QED) is 0.277. The van der Waals surface area contributed by atoms with Gasteiger partial charge in [0.15, 0.2) is 5.82 Å². The Morgan fingerprint density at radius 3 is 2.41 bits per heavy atom. The van der Waals surface area contributed by atoms with Crippen molar-refractivity contribution in [2.24, 2.45) is 11.8 Å². The molecule has 1 fully saturated rings. The number of hydrogen-bond donors (Lipinski definition) is 2. The van der Waals surface area contributed by atoms with Gasteiger partial charge < -0.3 is 11.1 Å². The standard InChI is InChI=1S/C35H46N4O2/c1-8-12-27(23(6)21(3)4)29(22(5)9-2)32-37-31(36)30-33(38-32)39-34(41)35(30,7)26-19-17-24(18-20-26)13-10-16-28(40)25-14-11-15-25/h8,12,17-21,25H,9-11,13-16H2,1-7H3,(H3,36,37,38,39,41)/b12-8-,27-23-,29-22-. The van der Waals surface area contributed by atoms with E-state index in [9.17, 15) is 9.59 Å². The molecular formula is C35H46N4O2. The second-order valence-electron chi connectivity index (χ2n) is 12.1. The highest BCUT2D eigenvalue weighted by molar-refractivity contribution is 6.09. The van der Waals surface area contributed by atoms with Gasteiger partial charge in [0.2, 0.25) is 5.91 Å².